The van der Waals surface area contributed by atoms with Crippen LogP contribution in [0.3, 0.4) is 0 Å². The molecule has 0 fully saturated rings. The molecule has 0 bridgehead atoms. The zero-order valence-electron chi connectivity index (χ0n) is 10.6. The van der Waals surface area contributed by atoms with Gasteiger partial charge in [-0.25, -0.2) is 4.79 Å². The van der Waals surface area contributed by atoms with E-state index in [1.807, 2.05) is 36.4 Å². The first-order valence-corrected chi connectivity index (χ1v) is 5.55. The Morgan fingerprint density at radius 2 is 1.57 bits per heavy atom. The van der Waals surface area contributed by atoms with E-state index in [2.05, 4.69) is 0 Å². The Bertz CT molecular complexity index is 684. The zero-order chi connectivity index (χ0) is 16.2. The number of anilines is 1. The topological polar surface area (TPSA) is 113 Å². The summed E-state index contributed by atoms with van der Waals surface area (Å²) in [5, 5.41) is 16.5. The highest BCUT2D eigenvalue weighted by Crippen LogP contribution is 2.18. The third-order valence-corrected chi connectivity index (χ3v) is 2.42. The second kappa shape index (κ2) is 6.12. The maximum Gasteiger partial charge on any atom is 0.490 e. The van der Waals surface area contributed by atoms with Crippen LogP contribution in [0.4, 0.5) is 18.9 Å². The highest BCUT2D eigenvalue weighted by atomic mass is 19.4. The van der Waals surface area contributed by atoms with Gasteiger partial charge in [-0.05, 0) is 29.0 Å². The van der Waals surface area contributed by atoms with Crippen molar-refractivity contribution in [3.05, 3.63) is 42.0 Å². The molecule has 2 aromatic carbocycles. The molecule has 2 rings (SSSR count). The molecule has 5 nitrogen and oxygen atoms in total. The molecule has 8 heteroatoms. The number of carboxylic acids is 1. The minimum atomic E-state index is -5.08. The smallest absolute Gasteiger partial charge is 0.475 e. The molecule has 112 valence electrons. The van der Waals surface area contributed by atoms with Crippen LogP contribution in [0, 0.1) is 5.41 Å². The molecule has 0 atom stereocenters. The van der Waals surface area contributed by atoms with E-state index in [9.17, 15) is 13.2 Å². The van der Waals surface area contributed by atoms with Crippen LogP contribution >= 0.6 is 0 Å². The number of benzene rings is 2. The van der Waals surface area contributed by atoms with Gasteiger partial charge in [-0.3, -0.25) is 5.41 Å². The molecule has 0 saturated heterocycles. The minimum Gasteiger partial charge on any atom is -0.475 e. The lowest BCUT2D eigenvalue weighted by Crippen LogP contribution is -2.21. The summed E-state index contributed by atoms with van der Waals surface area (Å²) >= 11 is 0. The van der Waals surface area contributed by atoms with Gasteiger partial charge in [0.05, 0.1) is 0 Å². The van der Waals surface area contributed by atoms with Gasteiger partial charge in [0.1, 0.15) is 5.84 Å². The number of nitrogen functional groups attached to an aromatic ring is 2. The van der Waals surface area contributed by atoms with Crippen LogP contribution in [-0.2, 0) is 4.79 Å². The van der Waals surface area contributed by atoms with Gasteiger partial charge in [-0.2, -0.15) is 13.2 Å². The third kappa shape index (κ3) is 4.68. The van der Waals surface area contributed by atoms with Crippen molar-refractivity contribution in [3.63, 3.8) is 0 Å². The fourth-order valence-corrected chi connectivity index (χ4v) is 1.43. The summed E-state index contributed by atoms with van der Waals surface area (Å²) in [5.41, 5.74) is 12.5. The van der Waals surface area contributed by atoms with E-state index in [-0.39, 0.29) is 5.84 Å². The molecule has 0 unspecified atom stereocenters. The third-order valence-electron chi connectivity index (χ3n) is 2.42. The molecular formula is C13H12F3N3O2. The van der Waals surface area contributed by atoms with Gasteiger partial charge in [0.2, 0.25) is 0 Å². The number of nitrogens with two attached hydrogens (primary N) is 2. The SMILES string of the molecule is N=C(N)c1ccc2cc(N)ccc2c1.O=C(O)C(F)(F)F. The van der Waals surface area contributed by atoms with Crippen LogP contribution in [0.2, 0.25) is 0 Å². The summed E-state index contributed by atoms with van der Waals surface area (Å²) in [5.74, 6) is -2.67. The van der Waals surface area contributed by atoms with Crippen molar-refractivity contribution in [1.29, 1.82) is 5.41 Å². The summed E-state index contributed by atoms with van der Waals surface area (Å²) in [6.45, 7) is 0. The van der Waals surface area contributed by atoms with E-state index in [0.29, 0.717) is 0 Å². The molecule has 6 N–H and O–H groups in total. The number of alkyl halides is 3. The van der Waals surface area contributed by atoms with Crippen LogP contribution in [-0.4, -0.2) is 23.1 Å². The van der Waals surface area contributed by atoms with Crippen LogP contribution < -0.4 is 11.5 Å². The number of nitrogens with one attached hydrogen (secondary N) is 1. The normalized spacial score (nSPS) is 10.6. The summed E-state index contributed by atoms with van der Waals surface area (Å²) in [7, 11) is 0. The van der Waals surface area contributed by atoms with Crippen LogP contribution in [0.1, 0.15) is 5.56 Å². The van der Waals surface area contributed by atoms with Gasteiger partial charge in [-0.15, -0.1) is 0 Å². The number of hydrogen-bond donors (Lipinski definition) is 4. The van der Waals surface area contributed by atoms with Crippen LogP contribution in [0.15, 0.2) is 36.4 Å². The van der Waals surface area contributed by atoms with Crippen LogP contribution in [0.5, 0.6) is 0 Å². The van der Waals surface area contributed by atoms with Crippen molar-refractivity contribution >= 4 is 28.3 Å². The van der Waals surface area contributed by atoms with E-state index < -0.39 is 12.1 Å². The van der Waals surface area contributed by atoms with E-state index in [0.717, 1.165) is 22.0 Å². The Balaban J connectivity index is 0.000000270. The van der Waals surface area contributed by atoms with Crippen molar-refractivity contribution < 1.29 is 23.1 Å². The standard InChI is InChI=1S/C11H11N3.C2HF3O2/c12-10-4-3-7-5-9(11(13)14)2-1-8(7)6-10;3-2(4,5)1(6)7/h1-6H,12H2,(H3,13,14);(H,6,7). The predicted molar refractivity (Wildman–Crippen MR) is 73.1 cm³/mol. The van der Waals surface area contributed by atoms with Crippen molar-refractivity contribution in [2.45, 2.75) is 6.18 Å². The van der Waals surface area contributed by atoms with Gasteiger partial charge >= 0.3 is 12.1 Å². The van der Waals surface area contributed by atoms with Crippen LogP contribution in [0.25, 0.3) is 10.8 Å². The number of rotatable bonds is 1. The second-order valence-electron chi connectivity index (χ2n) is 4.04. The summed E-state index contributed by atoms with van der Waals surface area (Å²) in [6.07, 6.45) is -5.08. The lowest BCUT2D eigenvalue weighted by atomic mass is 10.1. The van der Waals surface area contributed by atoms with Gasteiger partial charge in [0.25, 0.3) is 0 Å². The van der Waals surface area contributed by atoms with Crippen molar-refractivity contribution in [2.24, 2.45) is 5.73 Å². The molecular weight excluding hydrogens is 287 g/mol. The van der Waals surface area contributed by atoms with Crippen molar-refractivity contribution in [3.8, 4) is 0 Å². The summed E-state index contributed by atoms with van der Waals surface area (Å²) in [6, 6.07) is 11.3. The number of fused-ring (bicyclic) bond motifs is 1. The Morgan fingerprint density at radius 3 is 2.05 bits per heavy atom. The van der Waals surface area contributed by atoms with Gasteiger partial charge < -0.3 is 16.6 Å². The maximum absolute atomic E-state index is 10.6. The largest absolute Gasteiger partial charge is 0.490 e. The monoisotopic (exact) mass is 299 g/mol. The first-order chi connectivity index (χ1) is 9.61. The minimum absolute atomic E-state index is 0.0868. The lowest BCUT2D eigenvalue weighted by molar-refractivity contribution is -0.192. The Hall–Kier alpha value is -2.77. The molecule has 0 aromatic heterocycles. The highest BCUT2D eigenvalue weighted by Gasteiger charge is 2.38. The fraction of sp³-hybridized carbons (Fsp3) is 0.0769. The second-order valence-corrected chi connectivity index (χ2v) is 4.04. The number of halogens is 3. The number of amidine groups is 1. The average molecular weight is 299 g/mol. The quantitative estimate of drug-likeness (QED) is 0.367. The molecule has 0 spiro atoms. The van der Waals surface area contributed by atoms with Crippen molar-refractivity contribution in [1.82, 2.24) is 0 Å². The highest BCUT2D eigenvalue weighted by molar-refractivity contribution is 5.99. The molecule has 0 amide bonds. The first kappa shape index (κ1) is 16.3. The zero-order valence-corrected chi connectivity index (χ0v) is 10.6. The number of aliphatic carboxylic acids is 1. The van der Waals surface area contributed by atoms with E-state index in [1.54, 1.807) is 0 Å². The Morgan fingerprint density at radius 1 is 1.10 bits per heavy atom. The molecule has 2 aromatic rings. The van der Waals surface area contributed by atoms with Gasteiger partial charge in [-0.1, -0.05) is 18.2 Å². The summed E-state index contributed by atoms with van der Waals surface area (Å²) in [4.78, 5) is 8.90. The van der Waals surface area contributed by atoms with E-state index >= 15 is 0 Å². The molecule has 21 heavy (non-hydrogen) atoms. The van der Waals surface area contributed by atoms with Gasteiger partial charge in [0.15, 0.2) is 0 Å². The molecule has 0 aliphatic heterocycles. The van der Waals surface area contributed by atoms with Crippen molar-refractivity contribution in [2.75, 3.05) is 5.73 Å². The molecule has 0 radical (unpaired) electrons. The van der Waals surface area contributed by atoms with E-state index in [1.165, 1.54) is 0 Å². The predicted octanol–water partition coefficient (Wildman–Crippen LogP) is 2.34. The molecule has 0 aliphatic rings. The Labute approximate surface area is 117 Å². The first-order valence-electron chi connectivity index (χ1n) is 5.55. The number of carbonyl (C=O) groups is 1. The lowest BCUT2D eigenvalue weighted by Gasteiger charge is -2.02. The molecule has 0 aliphatic carbocycles. The van der Waals surface area contributed by atoms with Gasteiger partial charge in [0, 0.05) is 11.3 Å². The average Bonchev–Trinajstić information content (AvgIpc) is 2.37. The summed E-state index contributed by atoms with van der Waals surface area (Å²) < 4.78 is 31.7. The molecule has 0 heterocycles. The number of hydrogen-bond acceptors (Lipinski definition) is 3. The molecule has 0 saturated carbocycles. The maximum atomic E-state index is 10.6. The Kier molecular flexibility index (Phi) is 4.75. The van der Waals surface area contributed by atoms with E-state index in [4.69, 9.17) is 26.8 Å². The number of carboxylic acid groups (broad SMARTS) is 1. The fourth-order valence-electron chi connectivity index (χ4n) is 1.43.